The van der Waals surface area contributed by atoms with Crippen molar-refractivity contribution in [3.05, 3.63) is 11.6 Å². The quantitative estimate of drug-likeness (QED) is 0.0778. The van der Waals surface area contributed by atoms with Gasteiger partial charge in [0.15, 0.2) is 0 Å². The van der Waals surface area contributed by atoms with Crippen LogP contribution in [-0.4, -0.2) is 22.2 Å². The van der Waals surface area contributed by atoms with Crippen molar-refractivity contribution in [1.29, 1.82) is 0 Å². The second-order valence-corrected chi connectivity index (χ2v) is 10.9. The smallest absolute Gasteiger partial charge is 0.331 e. The van der Waals surface area contributed by atoms with Crippen LogP contribution in [0.4, 0.5) is 0 Å². The molecule has 212 valence electrons. The van der Waals surface area contributed by atoms with Crippen molar-refractivity contribution in [2.24, 2.45) is 0 Å². The highest BCUT2D eigenvalue weighted by molar-refractivity contribution is 5.94. The van der Waals surface area contributed by atoms with Gasteiger partial charge in [-0.25, -0.2) is 9.59 Å². The maximum Gasteiger partial charge on any atom is 0.331 e. The molecule has 0 fully saturated rings. The zero-order valence-corrected chi connectivity index (χ0v) is 23.9. The highest BCUT2D eigenvalue weighted by atomic mass is 16.4. The molecule has 2 N–H and O–H groups in total. The lowest BCUT2D eigenvalue weighted by Gasteiger charge is -2.05. The summed E-state index contributed by atoms with van der Waals surface area (Å²) >= 11 is 0. The summed E-state index contributed by atoms with van der Waals surface area (Å²) in [5.74, 6) is -2.29. The second kappa shape index (κ2) is 28.3. The van der Waals surface area contributed by atoms with Gasteiger partial charge in [0.25, 0.3) is 0 Å². The lowest BCUT2D eigenvalue weighted by atomic mass is 10.0. The topological polar surface area (TPSA) is 74.6 Å². The van der Waals surface area contributed by atoms with Crippen molar-refractivity contribution >= 4 is 11.9 Å². The van der Waals surface area contributed by atoms with Gasteiger partial charge in [-0.3, -0.25) is 0 Å². The van der Waals surface area contributed by atoms with Gasteiger partial charge in [-0.2, -0.15) is 0 Å². The summed E-state index contributed by atoms with van der Waals surface area (Å²) in [4.78, 5) is 21.6. The van der Waals surface area contributed by atoms with Crippen LogP contribution in [0.1, 0.15) is 180 Å². The van der Waals surface area contributed by atoms with Crippen LogP contribution < -0.4 is 0 Å². The number of hydrogen-bond acceptors (Lipinski definition) is 2. The molecular weight excluding hydrogens is 448 g/mol. The molecule has 0 aromatic carbocycles. The van der Waals surface area contributed by atoms with Gasteiger partial charge in [0.2, 0.25) is 0 Å². The van der Waals surface area contributed by atoms with E-state index >= 15 is 0 Å². The Labute approximate surface area is 223 Å². The first-order chi connectivity index (χ1) is 17.6. The van der Waals surface area contributed by atoms with Gasteiger partial charge < -0.3 is 10.2 Å². The molecule has 0 aliphatic rings. The van der Waals surface area contributed by atoms with E-state index in [0.717, 1.165) is 25.3 Å². The molecule has 0 aliphatic carbocycles. The van der Waals surface area contributed by atoms with Crippen molar-refractivity contribution in [3.63, 3.8) is 0 Å². The fraction of sp³-hybridized carbons (Fsp3) is 0.875. The third kappa shape index (κ3) is 27.3. The summed E-state index contributed by atoms with van der Waals surface area (Å²) in [5, 5.41) is 17.7. The lowest BCUT2D eigenvalue weighted by molar-refractivity contribution is -0.135. The molecule has 0 rings (SSSR count). The minimum Gasteiger partial charge on any atom is -0.478 e. The summed E-state index contributed by atoms with van der Waals surface area (Å²) in [6.07, 6.45) is 36.2. The largest absolute Gasteiger partial charge is 0.478 e. The van der Waals surface area contributed by atoms with E-state index in [1.165, 1.54) is 148 Å². The van der Waals surface area contributed by atoms with E-state index in [4.69, 9.17) is 10.2 Å². The van der Waals surface area contributed by atoms with Crippen molar-refractivity contribution < 1.29 is 19.8 Å². The molecule has 0 aromatic heterocycles. The van der Waals surface area contributed by atoms with E-state index in [0.29, 0.717) is 6.42 Å². The predicted octanol–water partition coefficient (Wildman–Crippen LogP) is 10.6. The molecule has 0 saturated carbocycles. The zero-order chi connectivity index (χ0) is 26.5. The van der Waals surface area contributed by atoms with E-state index in [9.17, 15) is 9.59 Å². The SMILES string of the molecule is CCCCCCCCCCCCCCCCCCCCCCCCCCCC/C(=C\C(=O)O)C(=O)O. The zero-order valence-electron chi connectivity index (χ0n) is 23.9. The molecule has 0 unspecified atom stereocenters. The Balaban J connectivity index is 3.19. The Hall–Kier alpha value is -1.32. The molecule has 4 nitrogen and oxygen atoms in total. The Bertz CT molecular complexity index is 526. The third-order valence-corrected chi connectivity index (χ3v) is 7.37. The first-order valence-electron chi connectivity index (χ1n) is 15.7. The van der Waals surface area contributed by atoms with E-state index in [1.54, 1.807) is 0 Å². The standard InChI is InChI=1S/C32H60O4/c1-2-3-4-5-6-7-8-9-10-11-12-13-14-15-16-17-18-19-20-21-22-23-24-25-26-27-28-30(32(35)36)29-31(33)34/h29H,2-28H2,1H3,(H,33,34)(H,35,36)/b30-29+. The Kier molecular flexibility index (Phi) is 27.2. The molecule has 0 heterocycles. The van der Waals surface area contributed by atoms with Crippen molar-refractivity contribution in [2.45, 2.75) is 180 Å². The summed E-state index contributed by atoms with van der Waals surface area (Å²) in [7, 11) is 0. The molecule has 0 atom stereocenters. The van der Waals surface area contributed by atoms with Gasteiger partial charge in [0.1, 0.15) is 0 Å². The van der Waals surface area contributed by atoms with Crippen LogP contribution in [0, 0.1) is 0 Å². The van der Waals surface area contributed by atoms with Gasteiger partial charge in [-0.05, 0) is 12.8 Å². The van der Waals surface area contributed by atoms with Crippen LogP contribution in [0.2, 0.25) is 0 Å². The number of carboxylic acid groups (broad SMARTS) is 2. The first-order valence-corrected chi connectivity index (χ1v) is 15.7. The highest BCUT2D eigenvalue weighted by Crippen LogP contribution is 2.16. The van der Waals surface area contributed by atoms with Gasteiger partial charge in [0.05, 0.1) is 0 Å². The fourth-order valence-corrected chi connectivity index (χ4v) is 5.02. The van der Waals surface area contributed by atoms with Crippen molar-refractivity contribution in [3.8, 4) is 0 Å². The average molecular weight is 509 g/mol. The summed E-state index contributed by atoms with van der Waals surface area (Å²) in [5.41, 5.74) is 0.00634. The van der Waals surface area contributed by atoms with Gasteiger partial charge in [0, 0.05) is 11.6 Å². The number of rotatable bonds is 29. The van der Waals surface area contributed by atoms with Gasteiger partial charge in [-0.1, -0.05) is 167 Å². The Morgan fingerprint density at radius 3 is 0.917 bits per heavy atom. The summed E-state index contributed by atoms with van der Waals surface area (Å²) < 4.78 is 0. The van der Waals surface area contributed by atoms with E-state index in [-0.39, 0.29) is 5.57 Å². The normalized spacial score (nSPS) is 11.8. The molecular formula is C32H60O4. The minimum atomic E-state index is -1.18. The summed E-state index contributed by atoms with van der Waals surface area (Å²) in [6, 6.07) is 0. The monoisotopic (exact) mass is 508 g/mol. The van der Waals surface area contributed by atoms with Crippen LogP contribution in [0.15, 0.2) is 11.6 Å². The van der Waals surface area contributed by atoms with Crippen LogP contribution >= 0.6 is 0 Å². The highest BCUT2D eigenvalue weighted by Gasteiger charge is 2.08. The number of aliphatic carboxylic acids is 2. The summed E-state index contributed by atoms with van der Waals surface area (Å²) in [6.45, 7) is 2.29. The molecule has 0 spiro atoms. The van der Waals surface area contributed by atoms with Crippen molar-refractivity contribution in [2.75, 3.05) is 0 Å². The first kappa shape index (κ1) is 34.7. The Morgan fingerprint density at radius 2 is 0.694 bits per heavy atom. The Morgan fingerprint density at radius 1 is 0.444 bits per heavy atom. The molecule has 36 heavy (non-hydrogen) atoms. The molecule has 0 radical (unpaired) electrons. The maximum atomic E-state index is 11.0. The van der Waals surface area contributed by atoms with E-state index in [2.05, 4.69) is 6.92 Å². The average Bonchev–Trinajstić information content (AvgIpc) is 2.85. The van der Waals surface area contributed by atoms with Crippen LogP contribution in [-0.2, 0) is 9.59 Å². The number of hydrogen-bond donors (Lipinski definition) is 2. The van der Waals surface area contributed by atoms with Crippen molar-refractivity contribution in [1.82, 2.24) is 0 Å². The molecule has 0 aliphatic heterocycles. The lowest BCUT2D eigenvalue weighted by Crippen LogP contribution is -2.04. The number of carbonyl (C=O) groups is 2. The van der Waals surface area contributed by atoms with Crippen LogP contribution in [0.3, 0.4) is 0 Å². The third-order valence-electron chi connectivity index (χ3n) is 7.37. The van der Waals surface area contributed by atoms with Gasteiger partial charge >= 0.3 is 11.9 Å². The number of unbranched alkanes of at least 4 members (excludes halogenated alkanes) is 25. The van der Waals surface area contributed by atoms with Crippen LogP contribution in [0.25, 0.3) is 0 Å². The number of carboxylic acids is 2. The molecule has 0 saturated heterocycles. The predicted molar refractivity (Wildman–Crippen MR) is 154 cm³/mol. The van der Waals surface area contributed by atoms with Gasteiger partial charge in [-0.15, -0.1) is 0 Å². The molecule has 0 amide bonds. The van der Waals surface area contributed by atoms with Crippen LogP contribution in [0.5, 0.6) is 0 Å². The molecule has 0 aromatic rings. The molecule has 0 bridgehead atoms. The minimum absolute atomic E-state index is 0.00634. The fourth-order valence-electron chi connectivity index (χ4n) is 5.02. The van der Waals surface area contributed by atoms with E-state index < -0.39 is 11.9 Å². The second-order valence-electron chi connectivity index (χ2n) is 10.9. The maximum absolute atomic E-state index is 11.0. The van der Waals surface area contributed by atoms with E-state index in [1.807, 2.05) is 0 Å². The molecule has 4 heteroatoms.